The number of H-pyrrole nitrogens is 1. The monoisotopic (exact) mass is 339 g/mol. The van der Waals surface area contributed by atoms with Crippen molar-refractivity contribution in [2.24, 2.45) is 0 Å². The number of hydrogen-bond acceptors (Lipinski definition) is 9. The van der Waals surface area contributed by atoms with Crippen LogP contribution in [0.5, 0.6) is 6.01 Å². The Balaban J connectivity index is 1.55. The van der Waals surface area contributed by atoms with Crippen LogP contribution >= 0.6 is 0 Å². The van der Waals surface area contributed by atoms with Gasteiger partial charge in [-0.15, -0.1) is 0 Å². The van der Waals surface area contributed by atoms with E-state index in [9.17, 15) is 0 Å². The fourth-order valence-corrected chi connectivity index (χ4v) is 2.12. The lowest BCUT2D eigenvalue weighted by atomic mass is 10.2. The van der Waals surface area contributed by atoms with Gasteiger partial charge in [0, 0.05) is 0 Å². The Morgan fingerprint density at radius 2 is 2.08 bits per heavy atom. The maximum atomic E-state index is 5.77. The first-order valence-corrected chi connectivity index (χ1v) is 7.42. The van der Waals surface area contributed by atoms with Gasteiger partial charge in [-0.3, -0.25) is 5.10 Å². The van der Waals surface area contributed by atoms with Crippen molar-refractivity contribution in [2.45, 2.75) is 20.0 Å². The van der Waals surface area contributed by atoms with Gasteiger partial charge in [0.05, 0.1) is 5.69 Å². The lowest BCUT2D eigenvalue weighted by Crippen LogP contribution is -2.09. The Bertz CT molecular complexity index is 959. The first-order valence-electron chi connectivity index (χ1n) is 7.42. The number of benzene rings is 1. The van der Waals surface area contributed by atoms with Crippen LogP contribution in [0.25, 0.3) is 17.3 Å². The van der Waals surface area contributed by atoms with E-state index in [1.54, 1.807) is 6.92 Å². The summed E-state index contributed by atoms with van der Waals surface area (Å²) in [6.45, 7) is 3.76. The average molecular weight is 339 g/mol. The number of aromatic nitrogens is 9. The largest absolute Gasteiger partial charge is 0.449 e. The number of hydrogen-bond donors (Lipinski definition) is 1. The predicted molar refractivity (Wildman–Crippen MR) is 82.6 cm³/mol. The number of aromatic amines is 1. The highest BCUT2D eigenvalue weighted by atomic mass is 16.5. The van der Waals surface area contributed by atoms with Crippen molar-refractivity contribution in [3.05, 3.63) is 42.0 Å². The second-order valence-corrected chi connectivity index (χ2v) is 5.26. The van der Waals surface area contributed by atoms with Crippen molar-refractivity contribution in [2.75, 3.05) is 0 Å². The van der Waals surface area contributed by atoms with E-state index in [-0.39, 0.29) is 11.9 Å². The lowest BCUT2D eigenvalue weighted by Gasteiger charge is -2.10. The summed E-state index contributed by atoms with van der Waals surface area (Å²) < 4.78 is 12.5. The summed E-state index contributed by atoms with van der Waals surface area (Å²) >= 11 is 0. The average Bonchev–Trinajstić information content (AvgIpc) is 3.36. The molecule has 1 unspecified atom stereocenters. The van der Waals surface area contributed by atoms with Gasteiger partial charge < -0.3 is 9.26 Å². The van der Waals surface area contributed by atoms with Crippen LogP contribution in [-0.4, -0.2) is 45.5 Å². The highest BCUT2D eigenvalue weighted by Gasteiger charge is 2.21. The van der Waals surface area contributed by atoms with Gasteiger partial charge in [0.1, 0.15) is 6.33 Å². The molecule has 0 aliphatic heterocycles. The minimum absolute atomic E-state index is 0.218. The Morgan fingerprint density at radius 3 is 2.84 bits per heavy atom. The zero-order valence-corrected chi connectivity index (χ0v) is 13.4. The van der Waals surface area contributed by atoms with Crippen LogP contribution in [0.4, 0.5) is 0 Å². The number of aryl methyl sites for hydroxylation is 1. The normalized spacial score (nSPS) is 12.2. The van der Waals surface area contributed by atoms with Gasteiger partial charge in [-0.05, 0) is 36.4 Å². The molecule has 0 radical (unpaired) electrons. The third-order valence-corrected chi connectivity index (χ3v) is 3.42. The van der Waals surface area contributed by atoms with Gasteiger partial charge in [0.2, 0.25) is 5.82 Å². The molecule has 1 atom stereocenters. The Labute approximate surface area is 141 Å². The molecule has 11 heteroatoms. The number of rotatable bonds is 5. The molecule has 0 aliphatic rings. The molecular formula is C14H13N9O2. The molecule has 4 rings (SSSR count). The highest BCUT2D eigenvalue weighted by Crippen LogP contribution is 2.22. The second kappa shape index (κ2) is 6.11. The molecule has 0 saturated carbocycles. The van der Waals surface area contributed by atoms with Crippen LogP contribution < -0.4 is 4.74 Å². The molecule has 3 aromatic heterocycles. The molecule has 25 heavy (non-hydrogen) atoms. The van der Waals surface area contributed by atoms with Crippen molar-refractivity contribution in [1.82, 2.24) is 45.5 Å². The van der Waals surface area contributed by atoms with Crippen molar-refractivity contribution in [3.63, 3.8) is 0 Å². The Hall–Kier alpha value is -3.63. The van der Waals surface area contributed by atoms with Crippen LogP contribution in [0.15, 0.2) is 35.1 Å². The number of tetrazole rings is 1. The second-order valence-electron chi connectivity index (χ2n) is 5.26. The third-order valence-electron chi connectivity index (χ3n) is 3.42. The van der Waals surface area contributed by atoms with Crippen LogP contribution in [0.1, 0.15) is 24.5 Å². The summed E-state index contributed by atoms with van der Waals surface area (Å²) in [4.78, 5) is 8.20. The summed E-state index contributed by atoms with van der Waals surface area (Å²) in [6, 6.07) is 7.95. The van der Waals surface area contributed by atoms with Crippen LogP contribution in [0.3, 0.4) is 0 Å². The summed E-state index contributed by atoms with van der Waals surface area (Å²) in [5, 5.41) is 21.8. The van der Waals surface area contributed by atoms with E-state index in [2.05, 4.69) is 40.8 Å². The minimum atomic E-state index is -0.556. The van der Waals surface area contributed by atoms with Crippen LogP contribution in [-0.2, 0) is 0 Å². The van der Waals surface area contributed by atoms with Crippen molar-refractivity contribution in [1.29, 1.82) is 0 Å². The summed E-state index contributed by atoms with van der Waals surface area (Å²) in [5.41, 5.74) is 1.92. The molecule has 126 valence electrons. The zero-order chi connectivity index (χ0) is 17.2. The Morgan fingerprint density at radius 1 is 1.24 bits per heavy atom. The van der Waals surface area contributed by atoms with E-state index < -0.39 is 6.10 Å². The summed E-state index contributed by atoms with van der Waals surface area (Å²) in [6.07, 6.45) is 0.806. The standard InChI is InChI=1S/C14H13N9O2/c1-8-3-5-10(6-4-8)23-14(19-21-22-23)24-9(2)13-17-12(20-25-13)11-15-7-16-18-11/h3-7,9H,1-2H3,(H,15,16,18). The minimum Gasteiger partial charge on any atom is -0.449 e. The van der Waals surface area contributed by atoms with E-state index in [1.807, 2.05) is 31.2 Å². The molecule has 0 amide bonds. The quantitative estimate of drug-likeness (QED) is 0.570. The topological polar surface area (TPSA) is 133 Å². The summed E-state index contributed by atoms with van der Waals surface area (Å²) in [5.74, 6) is 0.970. The molecule has 0 saturated heterocycles. The summed E-state index contributed by atoms with van der Waals surface area (Å²) in [7, 11) is 0. The van der Waals surface area contributed by atoms with E-state index in [4.69, 9.17) is 9.26 Å². The molecule has 0 aliphatic carbocycles. The van der Waals surface area contributed by atoms with Gasteiger partial charge in [0.15, 0.2) is 11.9 Å². The predicted octanol–water partition coefficient (Wildman–Crippen LogP) is 1.28. The maximum Gasteiger partial charge on any atom is 0.341 e. The molecule has 0 spiro atoms. The molecule has 0 fully saturated rings. The van der Waals surface area contributed by atoms with Crippen LogP contribution in [0.2, 0.25) is 0 Å². The van der Waals surface area contributed by atoms with Gasteiger partial charge in [-0.25, -0.2) is 4.98 Å². The first kappa shape index (κ1) is 14.9. The SMILES string of the molecule is Cc1ccc(-n2nnnc2OC(C)c2nc(-c3ncn[nH]3)no2)cc1. The van der Waals surface area contributed by atoms with E-state index in [1.165, 1.54) is 11.0 Å². The number of ether oxygens (including phenoxy) is 1. The van der Waals surface area contributed by atoms with Crippen molar-refractivity contribution < 1.29 is 9.26 Å². The molecule has 0 bridgehead atoms. The fourth-order valence-electron chi connectivity index (χ4n) is 2.12. The maximum absolute atomic E-state index is 5.77. The fraction of sp³-hybridized carbons (Fsp3) is 0.214. The first-order chi connectivity index (χ1) is 12.2. The van der Waals surface area contributed by atoms with Crippen molar-refractivity contribution in [3.8, 4) is 23.3 Å². The number of nitrogens with zero attached hydrogens (tertiary/aromatic N) is 8. The van der Waals surface area contributed by atoms with Gasteiger partial charge in [-0.2, -0.15) is 14.8 Å². The van der Waals surface area contributed by atoms with Crippen LogP contribution in [0, 0.1) is 6.92 Å². The van der Waals surface area contributed by atoms with E-state index >= 15 is 0 Å². The highest BCUT2D eigenvalue weighted by molar-refractivity contribution is 5.39. The van der Waals surface area contributed by atoms with Crippen molar-refractivity contribution >= 4 is 0 Å². The molecule has 4 aromatic rings. The molecule has 1 N–H and O–H groups in total. The third kappa shape index (κ3) is 2.94. The zero-order valence-electron chi connectivity index (χ0n) is 13.4. The van der Waals surface area contributed by atoms with E-state index in [0.717, 1.165) is 11.3 Å². The Kier molecular flexibility index (Phi) is 3.65. The van der Waals surface area contributed by atoms with Gasteiger partial charge in [-0.1, -0.05) is 28.0 Å². The number of nitrogens with one attached hydrogen (secondary N) is 1. The molecule has 11 nitrogen and oxygen atoms in total. The molecule has 3 heterocycles. The van der Waals surface area contributed by atoms with Gasteiger partial charge >= 0.3 is 6.01 Å². The molecule has 1 aromatic carbocycles. The molecular weight excluding hydrogens is 326 g/mol. The lowest BCUT2D eigenvalue weighted by molar-refractivity contribution is 0.158. The smallest absolute Gasteiger partial charge is 0.341 e. The van der Waals surface area contributed by atoms with E-state index in [0.29, 0.717) is 11.6 Å². The van der Waals surface area contributed by atoms with Gasteiger partial charge in [0.25, 0.3) is 5.89 Å².